The third kappa shape index (κ3) is 5.82. The van der Waals surface area contributed by atoms with Crippen LogP contribution in [0, 0.1) is 0 Å². The first-order valence-electron chi connectivity index (χ1n) is 9.51. The van der Waals surface area contributed by atoms with Gasteiger partial charge in [-0.25, -0.2) is 9.78 Å². The fraction of sp³-hybridized carbons (Fsp3) is 0.250. The van der Waals surface area contributed by atoms with Crippen LogP contribution in [0.4, 0.5) is 0 Å². The molecule has 0 unspecified atom stereocenters. The molecule has 0 spiro atoms. The normalized spacial score (nSPS) is 11.6. The average Bonchev–Trinajstić information content (AvgIpc) is 3.14. The van der Waals surface area contributed by atoms with Crippen molar-refractivity contribution in [2.24, 2.45) is 0 Å². The summed E-state index contributed by atoms with van der Waals surface area (Å²) in [6.45, 7) is 5.55. The number of hydrogen-bond donors (Lipinski definition) is 1. The summed E-state index contributed by atoms with van der Waals surface area (Å²) in [6, 6.07) is 15.8. The highest BCUT2D eigenvalue weighted by molar-refractivity contribution is 5.87. The van der Waals surface area contributed by atoms with E-state index in [1.54, 1.807) is 13.2 Å². The first-order valence-corrected chi connectivity index (χ1v) is 9.51. The van der Waals surface area contributed by atoms with Gasteiger partial charge in [0.05, 0.1) is 19.0 Å². The molecule has 1 heterocycles. The third-order valence-corrected chi connectivity index (χ3v) is 4.20. The average molecular weight is 390 g/mol. The zero-order valence-electron chi connectivity index (χ0n) is 17.2. The van der Waals surface area contributed by atoms with Crippen LogP contribution in [0.5, 0.6) is 5.75 Å². The molecule has 0 amide bonds. The minimum Gasteiger partial charge on any atom is -0.496 e. The number of ether oxygens (including phenoxy) is 2. The van der Waals surface area contributed by atoms with E-state index >= 15 is 0 Å². The number of imidazole rings is 1. The lowest BCUT2D eigenvalue weighted by Crippen LogP contribution is -2.22. The van der Waals surface area contributed by atoms with Crippen molar-refractivity contribution in [1.29, 1.82) is 0 Å². The number of para-hydroxylation sites is 1. The maximum absolute atomic E-state index is 11.8. The number of benzene rings is 2. The summed E-state index contributed by atoms with van der Waals surface area (Å²) in [5, 5.41) is 0. The maximum Gasteiger partial charge on any atom is 0.331 e. The minimum absolute atomic E-state index is 0.346. The number of aromatic nitrogens is 2. The number of carbonyl (C=O) groups excluding carboxylic acids is 1. The Morgan fingerprint density at radius 3 is 2.52 bits per heavy atom. The number of aromatic amines is 1. The fourth-order valence-corrected chi connectivity index (χ4v) is 2.90. The monoisotopic (exact) mass is 390 g/mol. The predicted octanol–water partition coefficient (Wildman–Crippen LogP) is 5.03. The van der Waals surface area contributed by atoms with Gasteiger partial charge in [0.2, 0.25) is 0 Å². The summed E-state index contributed by atoms with van der Waals surface area (Å²) in [4.78, 5) is 19.6. The fourth-order valence-electron chi connectivity index (χ4n) is 2.90. The van der Waals surface area contributed by atoms with Gasteiger partial charge in [0.25, 0.3) is 0 Å². The molecule has 29 heavy (non-hydrogen) atoms. The molecule has 3 aromatic rings. The van der Waals surface area contributed by atoms with E-state index in [0.717, 1.165) is 34.0 Å². The first kappa shape index (κ1) is 20.4. The number of nitrogens with one attached hydrogen (secondary N) is 1. The first-order chi connectivity index (χ1) is 13.8. The highest BCUT2D eigenvalue weighted by atomic mass is 16.6. The van der Waals surface area contributed by atoms with E-state index in [1.807, 2.05) is 75.5 Å². The Morgan fingerprint density at radius 2 is 1.83 bits per heavy atom. The van der Waals surface area contributed by atoms with Crippen LogP contribution >= 0.6 is 0 Å². The molecule has 0 fully saturated rings. The van der Waals surface area contributed by atoms with Crippen LogP contribution in [-0.2, 0) is 16.0 Å². The molecule has 0 aliphatic carbocycles. The van der Waals surface area contributed by atoms with Gasteiger partial charge >= 0.3 is 5.97 Å². The van der Waals surface area contributed by atoms with E-state index in [2.05, 4.69) is 9.97 Å². The zero-order chi connectivity index (χ0) is 20.9. The highest BCUT2D eigenvalue weighted by Crippen LogP contribution is 2.28. The van der Waals surface area contributed by atoms with E-state index in [4.69, 9.17) is 9.47 Å². The molecule has 0 saturated heterocycles. The summed E-state index contributed by atoms with van der Waals surface area (Å²) in [5.41, 5.74) is 3.48. The van der Waals surface area contributed by atoms with Gasteiger partial charge in [-0.2, -0.15) is 0 Å². The smallest absolute Gasteiger partial charge is 0.331 e. The Kier molecular flexibility index (Phi) is 6.17. The summed E-state index contributed by atoms with van der Waals surface area (Å²) in [7, 11) is 1.66. The number of carbonyl (C=O) groups is 1. The van der Waals surface area contributed by atoms with Crippen molar-refractivity contribution in [1.82, 2.24) is 9.97 Å². The molecule has 150 valence electrons. The number of nitrogens with zero attached hydrogens (tertiary/aromatic N) is 1. The second-order valence-electron chi connectivity index (χ2n) is 7.73. The molecule has 0 aliphatic rings. The largest absolute Gasteiger partial charge is 0.496 e. The Labute approximate surface area is 171 Å². The molecule has 0 atom stereocenters. The molecule has 0 radical (unpaired) electrons. The van der Waals surface area contributed by atoms with Gasteiger partial charge in [-0.1, -0.05) is 36.4 Å². The Balaban J connectivity index is 1.65. The van der Waals surface area contributed by atoms with Gasteiger partial charge < -0.3 is 14.5 Å². The lowest BCUT2D eigenvalue weighted by molar-refractivity contribution is -0.148. The molecule has 2 aromatic carbocycles. The van der Waals surface area contributed by atoms with Gasteiger partial charge in [0, 0.05) is 18.1 Å². The van der Waals surface area contributed by atoms with Crippen molar-refractivity contribution in [3.8, 4) is 17.0 Å². The van der Waals surface area contributed by atoms with Crippen LogP contribution in [0.1, 0.15) is 37.7 Å². The van der Waals surface area contributed by atoms with Gasteiger partial charge in [-0.15, -0.1) is 0 Å². The quantitative estimate of drug-likeness (QED) is 0.473. The van der Waals surface area contributed by atoms with Crippen molar-refractivity contribution < 1.29 is 14.3 Å². The lowest BCUT2D eigenvalue weighted by Gasteiger charge is -2.17. The van der Waals surface area contributed by atoms with Crippen molar-refractivity contribution in [2.45, 2.75) is 32.8 Å². The zero-order valence-corrected chi connectivity index (χ0v) is 17.2. The van der Waals surface area contributed by atoms with E-state index in [-0.39, 0.29) is 5.97 Å². The number of hydrogen-bond acceptors (Lipinski definition) is 4. The Hall–Kier alpha value is -3.34. The second kappa shape index (κ2) is 8.78. The van der Waals surface area contributed by atoms with Crippen molar-refractivity contribution >= 4 is 12.0 Å². The highest BCUT2D eigenvalue weighted by Gasteiger charge is 2.13. The number of H-pyrrole nitrogens is 1. The standard InChI is InChI=1S/C24H26N2O3/c1-24(2,3)29-23(27)14-13-17-9-11-18(12-10-17)15-22-25-16-20(26-22)19-7-5-6-8-21(19)28-4/h5-14,16H,15H2,1-4H3,(H,25,26). The molecule has 0 bridgehead atoms. The van der Waals surface area contributed by atoms with Gasteiger partial charge in [0.1, 0.15) is 17.2 Å². The third-order valence-electron chi connectivity index (χ3n) is 4.20. The molecule has 5 heteroatoms. The summed E-state index contributed by atoms with van der Waals surface area (Å²) in [6.07, 6.45) is 5.72. The molecule has 0 aliphatic heterocycles. The van der Waals surface area contributed by atoms with Crippen LogP contribution < -0.4 is 4.74 Å². The topological polar surface area (TPSA) is 64.2 Å². The lowest BCUT2D eigenvalue weighted by atomic mass is 10.1. The van der Waals surface area contributed by atoms with Crippen molar-refractivity contribution in [2.75, 3.05) is 7.11 Å². The van der Waals surface area contributed by atoms with Crippen molar-refractivity contribution in [3.05, 3.63) is 77.8 Å². The summed E-state index contributed by atoms with van der Waals surface area (Å²) in [5.74, 6) is 1.34. The molecule has 1 N–H and O–H groups in total. The van der Waals surface area contributed by atoms with Gasteiger partial charge in [-0.3, -0.25) is 0 Å². The SMILES string of the molecule is COc1ccccc1-c1cnc(Cc2ccc(C=CC(=O)OC(C)(C)C)cc2)[nH]1. The Bertz CT molecular complexity index is 995. The van der Waals surface area contributed by atoms with Gasteiger partial charge in [0.15, 0.2) is 0 Å². The maximum atomic E-state index is 11.8. The number of esters is 1. The second-order valence-corrected chi connectivity index (χ2v) is 7.73. The van der Waals surface area contributed by atoms with Crippen LogP contribution in [0.25, 0.3) is 17.3 Å². The van der Waals surface area contributed by atoms with E-state index < -0.39 is 5.60 Å². The molecule has 1 aromatic heterocycles. The summed E-state index contributed by atoms with van der Waals surface area (Å²) < 4.78 is 10.7. The van der Waals surface area contributed by atoms with Gasteiger partial charge in [-0.05, 0) is 50.1 Å². The van der Waals surface area contributed by atoms with Crippen molar-refractivity contribution in [3.63, 3.8) is 0 Å². The van der Waals surface area contributed by atoms with E-state index in [9.17, 15) is 4.79 Å². The summed E-state index contributed by atoms with van der Waals surface area (Å²) >= 11 is 0. The molecule has 3 rings (SSSR count). The van der Waals surface area contributed by atoms with Crippen LogP contribution in [-0.4, -0.2) is 28.6 Å². The van der Waals surface area contributed by atoms with E-state index in [1.165, 1.54) is 6.08 Å². The molecule has 0 saturated carbocycles. The Morgan fingerprint density at radius 1 is 1.10 bits per heavy atom. The van der Waals surface area contributed by atoms with Crippen LogP contribution in [0.2, 0.25) is 0 Å². The minimum atomic E-state index is -0.489. The van der Waals surface area contributed by atoms with E-state index in [0.29, 0.717) is 6.42 Å². The predicted molar refractivity (Wildman–Crippen MR) is 115 cm³/mol. The molecular formula is C24H26N2O3. The number of methoxy groups -OCH3 is 1. The number of rotatable bonds is 6. The van der Waals surface area contributed by atoms with Crippen LogP contribution in [0.3, 0.4) is 0 Å². The molecular weight excluding hydrogens is 364 g/mol. The van der Waals surface area contributed by atoms with Crippen LogP contribution in [0.15, 0.2) is 60.8 Å². The molecule has 5 nitrogen and oxygen atoms in total.